The molecule has 1 atom stereocenters. The van der Waals surface area contributed by atoms with Crippen molar-refractivity contribution in [3.05, 3.63) is 58.9 Å². The first-order valence-corrected chi connectivity index (χ1v) is 10.6. The van der Waals surface area contributed by atoms with Crippen LogP contribution in [0.3, 0.4) is 0 Å². The molecule has 0 aliphatic carbocycles. The summed E-state index contributed by atoms with van der Waals surface area (Å²) >= 11 is 0. The van der Waals surface area contributed by atoms with Crippen molar-refractivity contribution in [3.63, 3.8) is 0 Å². The van der Waals surface area contributed by atoms with Gasteiger partial charge >= 0.3 is 0 Å². The van der Waals surface area contributed by atoms with Crippen LogP contribution in [0.5, 0.6) is 0 Å². The Kier molecular flexibility index (Phi) is 4.94. The fraction of sp³-hybridized carbons (Fsp3) is 0.391. The van der Waals surface area contributed by atoms with E-state index in [1.807, 2.05) is 49.0 Å². The molecule has 0 N–H and O–H groups in total. The first kappa shape index (κ1) is 19.7. The molecule has 160 valence electrons. The maximum Gasteiger partial charge on any atom is 0.253 e. The molecule has 1 aliphatic rings. The second-order valence-electron chi connectivity index (χ2n) is 8.17. The second-order valence-corrected chi connectivity index (χ2v) is 8.17. The summed E-state index contributed by atoms with van der Waals surface area (Å²) in [5.41, 5.74) is 6.05. The number of benzene rings is 1. The monoisotopic (exact) mass is 418 g/mol. The molecule has 0 amide bonds. The molecule has 31 heavy (non-hydrogen) atoms. The Morgan fingerprint density at radius 2 is 1.90 bits per heavy atom. The van der Waals surface area contributed by atoms with Gasteiger partial charge in [0.1, 0.15) is 17.0 Å². The topological polar surface area (TPSA) is 86.0 Å². The summed E-state index contributed by atoms with van der Waals surface area (Å²) in [6.07, 6.45) is 2.25. The smallest absolute Gasteiger partial charge is 0.253 e. The van der Waals surface area contributed by atoms with Crippen LogP contribution in [0, 0.1) is 20.8 Å². The number of likely N-dealkylation sites (tertiary alicyclic amines) is 1. The van der Waals surface area contributed by atoms with Crippen LogP contribution < -0.4 is 0 Å². The van der Waals surface area contributed by atoms with E-state index in [2.05, 4.69) is 39.2 Å². The summed E-state index contributed by atoms with van der Waals surface area (Å²) < 4.78 is 13.5. The summed E-state index contributed by atoms with van der Waals surface area (Å²) in [6, 6.07) is 10.2. The van der Waals surface area contributed by atoms with Gasteiger partial charge in [0.15, 0.2) is 0 Å². The van der Waals surface area contributed by atoms with Crippen LogP contribution in [0.15, 0.2) is 39.3 Å². The number of aromatic nitrogens is 5. The molecule has 8 nitrogen and oxygen atoms in total. The Morgan fingerprint density at radius 3 is 2.65 bits per heavy atom. The normalized spacial score (nSPS) is 17.0. The van der Waals surface area contributed by atoms with E-state index in [1.54, 1.807) is 0 Å². The molecule has 0 saturated carbocycles. The maximum atomic E-state index is 6.10. The Hall–Kier alpha value is -3.26. The first-order chi connectivity index (χ1) is 15.0. The predicted molar refractivity (Wildman–Crippen MR) is 115 cm³/mol. The van der Waals surface area contributed by atoms with Gasteiger partial charge in [0, 0.05) is 29.9 Å². The van der Waals surface area contributed by atoms with Crippen LogP contribution in [0.1, 0.15) is 47.5 Å². The van der Waals surface area contributed by atoms with Gasteiger partial charge in [0.25, 0.3) is 5.89 Å². The lowest BCUT2D eigenvalue weighted by atomic mass is 10.0. The van der Waals surface area contributed by atoms with Crippen molar-refractivity contribution >= 4 is 0 Å². The number of aryl methyl sites for hydroxylation is 3. The van der Waals surface area contributed by atoms with Gasteiger partial charge in [-0.05, 0) is 40.2 Å². The minimum absolute atomic E-state index is 0.321. The summed E-state index contributed by atoms with van der Waals surface area (Å²) in [4.78, 5) is 2.41. The number of nitrogens with zero attached hydrogens (tertiary/aromatic N) is 6. The van der Waals surface area contributed by atoms with Crippen LogP contribution in [-0.2, 0) is 13.6 Å². The quantitative estimate of drug-likeness (QED) is 0.475. The maximum absolute atomic E-state index is 6.10. The van der Waals surface area contributed by atoms with Crippen LogP contribution in [0.25, 0.3) is 22.7 Å². The van der Waals surface area contributed by atoms with Crippen molar-refractivity contribution in [2.75, 3.05) is 6.54 Å². The van der Waals surface area contributed by atoms with Gasteiger partial charge in [0.2, 0.25) is 5.89 Å². The highest BCUT2D eigenvalue weighted by Crippen LogP contribution is 2.37. The fourth-order valence-corrected chi connectivity index (χ4v) is 4.62. The van der Waals surface area contributed by atoms with E-state index in [0.717, 1.165) is 36.2 Å². The first-order valence-electron chi connectivity index (χ1n) is 10.6. The van der Waals surface area contributed by atoms with Crippen LogP contribution >= 0.6 is 0 Å². The van der Waals surface area contributed by atoms with E-state index in [-0.39, 0.29) is 0 Å². The second kappa shape index (κ2) is 7.77. The van der Waals surface area contributed by atoms with E-state index >= 15 is 0 Å². The van der Waals surface area contributed by atoms with Crippen LogP contribution in [-0.4, -0.2) is 36.6 Å². The van der Waals surface area contributed by atoms with Gasteiger partial charge in [-0.1, -0.05) is 35.5 Å². The lowest BCUT2D eigenvalue weighted by Gasteiger charge is -2.23. The molecule has 1 aliphatic heterocycles. The van der Waals surface area contributed by atoms with Gasteiger partial charge in [-0.15, -0.1) is 10.2 Å². The largest absolute Gasteiger partial charge is 0.419 e. The third-order valence-corrected chi connectivity index (χ3v) is 6.19. The van der Waals surface area contributed by atoms with Gasteiger partial charge in [-0.25, -0.2) is 0 Å². The van der Waals surface area contributed by atoms with E-state index in [9.17, 15) is 0 Å². The molecular formula is C23H26N6O2. The van der Waals surface area contributed by atoms with Gasteiger partial charge in [-0.3, -0.25) is 9.58 Å². The van der Waals surface area contributed by atoms with E-state index in [0.29, 0.717) is 35.8 Å². The average molecular weight is 419 g/mol. The molecule has 5 rings (SSSR count). The Labute approximate surface area is 180 Å². The van der Waals surface area contributed by atoms with Crippen molar-refractivity contribution in [1.82, 2.24) is 30.0 Å². The minimum atomic E-state index is 0.321. The molecule has 8 heteroatoms. The van der Waals surface area contributed by atoms with Gasteiger partial charge in [-0.2, -0.15) is 5.10 Å². The van der Waals surface area contributed by atoms with Crippen molar-refractivity contribution in [2.24, 2.45) is 7.05 Å². The molecule has 4 aromatic rings. The number of rotatable bonds is 5. The zero-order valence-corrected chi connectivity index (χ0v) is 18.3. The van der Waals surface area contributed by atoms with Crippen molar-refractivity contribution in [1.29, 1.82) is 0 Å². The minimum Gasteiger partial charge on any atom is -0.419 e. The standard InChI is InChI=1S/C23H26N6O2/c1-14-20(15(2)28(4)26-14)18-11-8-12-29(18)13-19-24-25-23(30-19)21-16(3)31-27-22(21)17-9-6-5-7-10-17/h5-7,9-10,18H,8,11-13H2,1-4H3. The summed E-state index contributed by atoms with van der Waals surface area (Å²) in [5, 5.41) is 17.5. The number of hydrogen-bond donors (Lipinski definition) is 0. The highest BCUT2D eigenvalue weighted by atomic mass is 16.5. The molecule has 0 spiro atoms. The van der Waals surface area contributed by atoms with Gasteiger partial charge < -0.3 is 8.94 Å². The molecule has 1 fully saturated rings. The van der Waals surface area contributed by atoms with Crippen LogP contribution in [0.2, 0.25) is 0 Å². The summed E-state index contributed by atoms with van der Waals surface area (Å²) in [7, 11) is 2.00. The molecule has 1 aromatic carbocycles. The van der Waals surface area contributed by atoms with Crippen molar-refractivity contribution in [2.45, 2.75) is 46.2 Å². The molecule has 3 aromatic heterocycles. The third kappa shape index (κ3) is 3.46. The predicted octanol–water partition coefficient (Wildman–Crippen LogP) is 4.39. The highest BCUT2D eigenvalue weighted by Gasteiger charge is 2.32. The number of hydrogen-bond acceptors (Lipinski definition) is 7. The third-order valence-electron chi connectivity index (χ3n) is 6.19. The Morgan fingerprint density at radius 1 is 1.10 bits per heavy atom. The zero-order chi connectivity index (χ0) is 21.5. The molecule has 0 radical (unpaired) electrons. The van der Waals surface area contributed by atoms with Crippen molar-refractivity contribution in [3.8, 4) is 22.7 Å². The molecule has 1 saturated heterocycles. The average Bonchev–Trinajstić information content (AvgIpc) is 3.53. The highest BCUT2D eigenvalue weighted by molar-refractivity contribution is 5.77. The van der Waals surface area contributed by atoms with Crippen LogP contribution in [0.4, 0.5) is 0 Å². The van der Waals surface area contributed by atoms with E-state index in [1.165, 1.54) is 11.3 Å². The molecule has 4 heterocycles. The van der Waals surface area contributed by atoms with E-state index < -0.39 is 0 Å². The Balaban J connectivity index is 1.42. The summed E-state index contributed by atoms with van der Waals surface area (Å²) in [5.74, 6) is 1.70. The van der Waals surface area contributed by atoms with Gasteiger partial charge in [0.05, 0.1) is 12.2 Å². The lowest BCUT2D eigenvalue weighted by Crippen LogP contribution is -2.23. The SMILES string of the molecule is Cc1nn(C)c(C)c1C1CCCN1Cc1nnc(-c2c(-c3ccccc3)noc2C)o1. The fourth-order valence-electron chi connectivity index (χ4n) is 4.62. The molecule has 0 bridgehead atoms. The Bertz CT molecular complexity index is 1210. The summed E-state index contributed by atoms with van der Waals surface area (Å²) in [6.45, 7) is 7.69. The molecular weight excluding hydrogens is 392 g/mol. The lowest BCUT2D eigenvalue weighted by molar-refractivity contribution is 0.223. The van der Waals surface area contributed by atoms with E-state index in [4.69, 9.17) is 8.94 Å². The van der Waals surface area contributed by atoms with Crippen molar-refractivity contribution < 1.29 is 8.94 Å². The zero-order valence-electron chi connectivity index (χ0n) is 18.3. The molecule has 1 unspecified atom stereocenters.